The van der Waals surface area contributed by atoms with E-state index in [4.69, 9.17) is 17.4 Å². The van der Waals surface area contributed by atoms with Gasteiger partial charge in [-0.25, -0.2) is 5.43 Å². The van der Waals surface area contributed by atoms with Crippen LogP contribution in [0, 0.1) is 0 Å². The lowest BCUT2D eigenvalue weighted by atomic mass is 10.3. The largest absolute Gasteiger partial charge is 0.411 e. The highest BCUT2D eigenvalue weighted by Crippen LogP contribution is 2.28. The number of ether oxygens (including phenoxy) is 1. The number of hydrogen-bond acceptors (Lipinski definition) is 4. The molecule has 92 valence electrons. The zero-order valence-electron chi connectivity index (χ0n) is 8.05. The smallest absolute Gasteiger partial charge is 0.370 e. The van der Waals surface area contributed by atoms with Gasteiger partial charge in [0.05, 0.1) is 17.7 Å². The van der Waals surface area contributed by atoms with Crippen LogP contribution in [0.4, 0.5) is 13.2 Å². The Hall–Kier alpha value is -0.340. The van der Waals surface area contributed by atoms with E-state index in [1.165, 1.54) is 11.3 Å². The molecule has 1 rings (SSSR count). The first-order chi connectivity index (χ1) is 7.44. The fraction of sp³-hybridized carbons (Fsp3) is 0.500. The summed E-state index contributed by atoms with van der Waals surface area (Å²) in [5.74, 6) is 5.22. The van der Waals surface area contributed by atoms with Crippen molar-refractivity contribution in [1.82, 2.24) is 5.43 Å². The molecule has 0 aliphatic carbocycles. The van der Waals surface area contributed by atoms with E-state index in [9.17, 15) is 13.2 Å². The predicted octanol–water partition coefficient (Wildman–Crippen LogP) is 2.48. The normalized spacial score (nSPS) is 14.1. The molecular formula is C8H10ClF3N2OS. The van der Waals surface area contributed by atoms with E-state index in [1.807, 2.05) is 0 Å². The van der Waals surface area contributed by atoms with Crippen LogP contribution in [0.1, 0.15) is 10.9 Å². The number of alkyl halides is 3. The van der Waals surface area contributed by atoms with E-state index in [0.29, 0.717) is 9.90 Å². The van der Waals surface area contributed by atoms with Gasteiger partial charge in [-0.2, -0.15) is 13.2 Å². The monoisotopic (exact) mass is 274 g/mol. The van der Waals surface area contributed by atoms with Gasteiger partial charge in [-0.15, -0.1) is 11.3 Å². The van der Waals surface area contributed by atoms with Crippen LogP contribution in [-0.2, 0) is 4.74 Å². The van der Waals surface area contributed by atoms with E-state index in [2.05, 4.69) is 10.2 Å². The molecule has 1 aromatic heterocycles. The molecule has 3 nitrogen and oxygen atoms in total. The zero-order chi connectivity index (χ0) is 12.2. The van der Waals surface area contributed by atoms with Gasteiger partial charge < -0.3 is 4.74 Å². The van der Waals surface area contributed by atoms with Crippen molar-refractivity contribution in [1.29, 1.82) is 0 Å². The van der Waals surface area contributed by atoms with Crippen LogP contribution in [-0.4, -0.2) is 19.4 Å². The van der Waals surface area contributed by atoms with Gasteiger partial charge in [0.2, 0.25) is 0 Å². The van der Waals surface area contributed by atoms with Crippen molar-refractivity contribution in [3.8, 4) is 0 Å². The fourth-order valence-electron chi connectivity index (χ4n) is 1.05. The summed E-state index contributed by atoms with van der Waals surface area (Å²) < 4.78 is 40.0. The van der Waals surface area contributed by atoms with E-state index in [0.717, 1.165) is 0 Å². The van der Waals surface area contributed by atoms with Crippen molar-refractivity contribution < 1.29 is 17.9 Å². The highest BCUT2D eigenvalue weighted by Gasteiger charge is 2.28. The molecule has 8 heteroatoms. The summed E-state index contributed by atoms with van der Waals surface area (Å²) in [5.41, 5.74) is 2.37. The molecule has 0 bridgehead atoms. The summed E-state index contributed by atoms with van der Waals surface area (Å²) >= 11 is 7.12. The standard InChI is InChI=1S/C8H10ClF3N2OS/c9-5-1-2-16-7(5)6(14-13)3-15-4-8(10,11)12/h1-2,6,14H,3-4,13H2. The van der Waals surface area contributed by atoms with Gasteiger partial charge in [-0.1, -0.05) is 11.6 Å². The van der Waals surface area contributed by atoms with Crippen LogP contribution in [0.3, 0.4) is 0 Å². The number of halogens is 4. The summed E-state index contributed by atoms with van der Waals surface area (Å²) in [5, 5.41) is 2.19. The molecule has 3 N–H and O–H groups in total. The number of thiophene rings is 1. The van der Waals surface area contributed by atoms with Gasteiger partial charge >= 0.3 is 6.18 Å². The molecule has 0 fully saturated rings. The molecule has 16 heavy (non-hydrogen) atoms. The number of hydrogen-bond donors (Lipinski definition) is 2. The molecule has 1 atom stereocenters. The first-order valence-electron chi connectivity index (χ1n) is 4.27. The molecule has 0 aromatic carbocycles. The summed E-state index contributed by atoms with van der Waals surface area (Å²) in [7, 11) is 0. The van der Waals surface area contributed by atoms with Gasteiger partial charge in [-0.3, -0.25) is 5.84 Å². The van der Waals surface area contributed by atoms with Crippen LogP contribution >= 0.6 is 22.9 Å². The van der Waals surface area contributed by atoms with Gasteiger partial charge in [0.15, 0.2) is 0 Å². The first-order valence-corrected chi connectivity index (χ1v) is 5.53. The molecule has 1 heterocycles. The highest BCUT2D eigenvalue weighted by molar-refractivity contribution is 7.10. The quantitative estimate of drug-likeness (QED) is 0.641. The third kappa shape index (κ3) is 4.26. The molecule has 0 spiro atoms. The topological polar surface area (TPSA) is 47.3 Å². The van der Waals surface area contributed by atoms with E-state index in [-0.39, 0.29) is 6.61 Å². The van der Waals surface area contributed by atoms with Crippen molar-refractivity contribution in [3.63, 3.8) is 0 Å². The lowest BCUT2D eigenvalue weighted by Gasteiger charge is -2.16. The predicted molar refractivity (Wildman–Crippen MR) is 56.3 cm³/mol. The van der Waals surface area contributed by atoms with Crippen molar-refractivity contribution >= 4 is 22.9 Å². The summed E-state index contributed by atoms with van der Waals surface area (Å²) in [6, 6.07) is 1.12. The molecule has 0 aliphatic heterocycles. The molecule has 0 radical (unpaired) electrons. The van der Waals surface area contributed by atoms with Gasteiger partial charge in [0, 0.05) is 4.88 Å². The SMILES string of the molecule is NNC(COCC(F)(F)F)c1sccc1Cl. The third-order valence-electron chi connectivity index (χ3n) is 1.71. The third-order valence-corrected chi connectivity index (χ3v) is 3.18. The lowest BCUT2D eigenvalue weighted by molar-refractivity contribution is -0.175. The number of nitrogens with two attached hydrogens (primary N) is 1. The summed E-state index contributed by atoms with van der Waals surface area (Å²) in [6.07, 6.45) is -4.33. The molecule has 1 aromatic rings. The van der Waals surface area contributed by atoms with Crippen molar-refractivity contribution in [2.45, 2.75) is 12.2 Å². The Kier molecular flexibility index (Phi) is 5.00. The van der Waals surface area contributed by atoms with Crippen LogP contribution < -0.4 is 11.3 Å². The van der Waals surface area contributed by atoms with Crippen molar-refractivity contribution in [2.75, 3.05) is 13.2 Å². The fourth-order valence-corrected chi connectivity index (χ4v) is 2.28. The maximum Gasteiger partial charge on any atom is 0.411 e. The second-order valence-electron chi connectivity index (χ2n) is 2.98. The Morgan fingerprint density at radius 3 is 2.69 bits per heavy atom. The van der Waals surface area contributed by atoms with Crippen molar-refractivity contribution in [3.05, 3.63) is 21.3 Å². The Balaban J connectivity index is 2.48. The Morgan fingerprint density at radius 1 is 1.56 bits per heavy atom. The second-order valence-corrected chi connectivity index (χ2v) is 4.34. The van der Waals surface area contributed by atoms with Crippen LogP contribution in [0.2, 0.25) is 5.02 Å². The Bertz CT molecular complexity index is 331. The number of rotatable bonds is 5. The number of nitrogens with one attached hydrogen (secondary N) is 1. The van der Waals surface area contributed by atoms with E-state index < -0.39 is 18.8 Å². The maximum absolute atomic E-state index is 11.8. The average molecular weight is 275 g/mol. The van der Waals surface area contributed by atoms with Gasteiger partial charge in [-0.05, 0) is 11.4 Å². The summed E-state index contributed by atoms with van der Waals surface area (Å²) in [6.45, 7) is -1.48. The van der Waals surface area contributed by atoms with Gasteiger partial charge in [0.1, 0.15) is 6.61 Å². The average Bonchev–Trinajstić information content (AvgIpc) is 2.58. The van der Waals surface area contributed by atoms with Crippen LogP contribution in [0.25, 0.3) is 0 Å². The van der Waals surface area contributed by atoms with Crippen LogP contribution in [0.5, 0.6) is 0 Å². The molecule has 1 unspecified atom stereocenters. The highest BCUT2D eigenvalue weighted by atomic mass is 35.5. The Labute approximate surface area is 99.3 Å². The van der Waals surface area contributed by atoms with Gasteiger partial charge in [0.25, 0.3) is 0 Å². The molecule has 0 saturated carbocycles. The van der Waals surface area contributed by atoms with Crippen LogP contribution in [0.15, 0.2) is 11.4 Å². The lowest BCUT2D eigenvalue weighted by Crippen LogP contribution is -2.32. The molecule has 0 saturated heterocycles. The van der Waals surface area contributed by atoms with Crippen molar-refractivity contribution in [2.24, 2.45) is 5.84 Å². The molecule has 0 aliphatic rings. The number of hydrazine groups is 1. The molecular weight excluding hydrogens is 265 g/mol. The van der Waals surface area contributed by atoms with E-state index in [1.54, 1.807) is 11.4 Å². The Morgan fingerprint density at radius 2 is 2.25 bits per heavy atom. The second kappa shape index (κ2) is 5.83. The minimum absolute atomic E-state index is 0.184. The zero-order valence-corrected chi connectivity index (χ0v) is 9.62. The minimum Gasteiger partial charge on any atom is -0.370 e. The maximum atomic E-state index is 11.8. The molecule has 0 amide bonds. The minimum atomic E-state index is -4.33. The first kappa shape index (κ1) is 13.7. The van der Waals surface area contributed by atoms with E-state index >= 15 is 0 Å². The summed E-state index contributed by atoms with van der Waals surface area (Å²) in [4.78, 5) is 0.659.